The summed E-state index contributed by atoms with van der Waals surface area (Å²) in [5, 5.41) is 0.486. The highest BCUT2D eigenvalue weighted by Gasteiger charge is 2.18. The van der Waals surface area contributed by atoms with Gasteiger partial charge in [-0.3, -0.25) is 4.72 Å². The van der Waals surface area contributed by atoms with Crippen molar-refractivity contribution in [1.29, 1.82) is 0 Å². The van der Waals surface area contributed by atoms with E-state index in [1.54, 1.807) is 24.3 Å². The molecule has 1 heterocycles. The Labute approximate surface area is 133 Å². The summed E-state index contributed by atoms with van der Waals surface area (Å²) < 4.78 is 37.8. The number of ether oxygens (including phenoxy) is 2. The van der Waals surface area contributed by atoms with Crippen LogP contribution in [-0.4, -0.2) is 21.6 Å². The lowest BCUT2D eigenvalue weighted by Gasteiger charge is -2.11. The lowest BCUT2D eigenvalue weighted by molar-refractivity contribution is -0.0441. The standard InChI is InChI=1S/C15H14ClNO4S/c16-12-3-7-14(8-4-12)22(18,19)17-13-5-1-11(2-6-13)15-20-9-10-21-15/h1-8,15,17H,9-10H2. The van der Waals surface area contributed by atoms with Gasteiger partial charge >= 0.3 is 0 Å². The van der Waals surface area contributed by atoms with Crippen molar-refractivity contribution in [3.05, 3.63) is 59.1 Å². The average Bonchev–Trinajstić information content (AvgIpc) is 3.02. The zero-order valence-electron chi connectivity index (χ0n) is 11.5. The fraction of sp³-hybridized carbons (Fsp3) is 0.200. The number of rotatable bonds is 4. The van der Waals surface area contributed by atoms with Crippen LogP contribution in [0.1, 0.15) is 11.9 Å². The van der Waals surface area contributed by atoms with Crippen molar-refractivity contribution < 1.29 is 17.9 Å². The number of hydrogen-bond acceptors (Lipinski definition) is 4. The number of sulfonamides is 1. The summed E-state index contributed by atoms with van der Waals surface area (Å²) in [4.78, 5) is 0.156. The van der Waals surface area contributed by atoms with Crippen molar-refractivity contribution in [2.75, 3.05) is 17.9 Å². The summed E-state index contributed by atoms with van der Waals surface area (Å²) in [5.41, 5.74) is 1.32. The van der Waals surface area contributed by atoms with E-state index in [4.69, 9.17) is 21.1 Å². The van der Waals surface area contributed by atoms with Crippen LogP contribution in [-0.2, 0) is 19.5 Å². The third-order valence-corrected chi connectivity index (χ3v) is 4.83. The van der Waals surface area contributed by atoms with Crippen LogP contribution in [0.4, 0.5) is 5.69 Å². The highest BCUT2D eigenvalue weighted by atomic mass is 35.5. The summed E-state index contributed by atoms with van der Waals surface area (Å²) in [6.45, 7) is 1.13. The Morgan fingerprint density at radius 3 is 2.14 bits per heavy atom. The van der Waals surface area contributed by atoms with E-state index in [-0.39, 0.29) is 11.2 Å². The molecule has 5 nitrogen and oxygen atoms in total. The Hall–Kier alpha value is -1.60. The Bertz CT molecular complexity index is 738. The molecule has 0 unspecified atom stereocenters. The molecule has 1 fully saturated rings. The molecule has 0 aliphatic carbocycles. The van der Waals surface area contributed by atoms with Gasteiger partial charge in [-0.1, -0.05) is 23.7 Å². The van der Waals surface area contributed by atoms with Crippen LogP contribution in [0.5, 0.6) is 0 Å². The first-order valence-corrected chi connectivity index (χ1v) is 8.52. The molecule has 7 heteroatoms. The van der Waals surface area contributed by atoms with Crippen LogP contribution >= 0.6 is 11.6 Å². The monoisotopic (exact) mass is 339 g/mol. The predicted octanol–water partition coefficient (Wildman–Crippen LogP) is 3.19. The van der Waals surface area contributed by atoms with Crippen LogP contribution < -0.4 is 4.72 Å². The summed E-state index contributed by atoms with van der Waals surface area (Å²) in [7, 11) is -3.63. The molecule has 1 saturated heterocycles. The molecule has 1 aliphatic rings. The highest BCUT2D eigenvalue weighted by Crippen LogP contribution is 2.25. The minimum atomic E-state index is -3.63. The average molecular weight is 340 g/mol. The second-order valence-electron chi connectivity index (χ2n) is 4.75. The number of nitrogens with one attached hydrogen (secondary N) is 1. The Morgan fingerprint density at radius 1 is 0.955 bits per heavy atom. The van der Waals surface area contributed by atoms with E-state index in [9.17, 15) is 8.42 Å². The summed E-state index contributed by atoms with van der Waals surface area (Å²) >= 11 is 5.76. The van der Waals surface area contributed by atoms with E-state index in [1.165, 1.54) is 24.3 Å². The molecule has 22 heavy (non-hydrogen) atoms. The van der Waals surface area contributed by atoms with Crippen molar-refractivity contribution in [2.45, 2.75) is 11.2 Å². The maximum atomic E-state index is 12.3. The molecule has 0 aromatic heterocycles. The van der Waals surface area contributed by atoms with Gasteiger partial charge < -0.3 is 9.47 Å². The Morgan fingerprint density at radius 2 is 1.55 bits per heavy atom. The smallest absolute Gasteiger partial charge is 0.261 e. The number of halogens is 1. The van der Waals surface area contributed by atoms with Crippen molar-refractivity contribution >= 4 is 27.3 Å². The van der Waals surface area contributed by atoms with Crippen LogP contribution in [0, 0.1) is 0 Å². The van der Waals surface area contributed by atoms with Gasteiger partial charge in [0.2, 0.25) is 0 Å². The molecule has 2 aromatic rings. The first kappa shape index (κ1) is 15.3. The third kappa shape index (κ3) is 3.41. The molecule has 116 valence electrons. The number of anilines is 1. The van der Waals surface area contributed by atoms with Crippen LogP contribution in [0.2, 0.25) is 5.02 Å². The summed E-state index contributed by atoms with van der Waals surface area (Å²) in [6.07, 6.45) is -0.373. The summed E-state index contributed by atoms with van der Waals surface area (Å²) in [6, 6.07) is 12.9. The second-order valence-corrected chi connectivity index (χ2v) is 6.87. The van der Waals surface area contributed by atoms with E-state index in [0.717, 1.165) is 5.56 Å². The number of benzene rings is 2. The molecule has 0 atom stereocenters. The first-order chi connectivity index (χ1) is 10.5. The lowest BCUT2D eigenvalue weighted by Crippen LogP contribution is -2.12. The van der Waals surface area contributed by atoms with Crippen molar-refractivity contribution in [2.24, 2.45) is 0 Å². The quantitative estimate of drug-likeness (QED) is 0.929. The van der Waals surface area contributed by atoms with E-state index in [0.29, 0.717) is 23.9 Å². The molecule has 0 amide bonds. The Kier molecular flexibility index (Phi) is 4.35. The molecule has 0 spiro atoms. The van der Waals surface area contributed by atoms with Gasteiger partial charge in [0.15, 0.2) is 6.29 Å². The second kappa shape index (κ2) is 6.26. The van der Waals surface area contributed by atoms with Crippen LogP contribution in [0.3, 0.4) is 0 Å². The largest absolute Gasteiger partial charge is 0.346 e. The maximum absolute atomic E-state index is 12.3. The first-order valence-electron chi connectivity index (χ1n) is 6.66. The maximum Gasteiger partial charge on any atom is 0.261 e. The van der Waals surface area contributed by atoms with Gasteiger partial charge in [-0.2, -0.15) is 0 Å². The molecular weight excluding hydrogens is 326 g/mol. The molecule has 0 bridgehead atoms. The third-order valence-electron chi connectivity index (χ3n) is 3.18. The number of hydrogen-bond donors (Lipinski definition) is 1. The fourth-order valence-electron chi connectivity index (χ4n) is 2.09. The zero-order valence-corrected chi connectivity index (χ0v) is 13.1. The zero-order chi connectivity index (χ0) is 15.6. The topological polar surface area (TPSA) is 64.6 Å². The van der Waals surface area contributed by atoms with Gasteiger partial charge in [0, 0.05) is 16.3 Å². The van der Waals surface area contributed by atoms with Crippen LogP contribution in [0.25, 0.3) is 0 Å². The van der Waals surface area contributed by atoms with Gasteiger partial charge in [0.25, 0.3) is 10.0 Å². The highest BCUT2D eigenvalue weighted by molar-refractivity contribution is 7.92. The normalized spacial score (nSPS) is 15.9. The molecule has 0 radical (unpaired) electrons. The van der Waals surface area contributed by atoms with Gasteiger partial charge in [-0.15, -0.1) is 0 Å². The predicted molar refractivity (Wildman–Crippen MR) is 83.3 cm³/mol. The molecule has 1 aliphatic heterocycles. The van der Waals surface area contributed by atoms with Gasteiger partial charge in [0.1, 0.15) is 0 Å². The van der Waals surface area contributed by atoms with E-state index >= 15 is 0 Å². The molecule has 0 saturated carbocycles. The Balaban J connectivity index is 1.75. The van der Waals surface area contributed by atoms with E-state index < -0.39 is 10.0 Å². The van der Waals surface area contributed by atoms with E-state index in [2.05, 4.69) is 4.72 Å². The minimum absolute atomic E-state index is 0.156. The molecule has 3 rings (SSSR count). The van der Waals surface area contributed by atoms with Crippen molar-refractivity contribution in [3.8, 4) is 0 Å². The van der Waals surface area contributed by atoms with Crippen LogP contribution in [0.15, 0.2) is 53.4 Å². The van der Waals surface area contributed by atoms with Crippen molar-refractivity contribution in [3.63, 3.8) is 0 Å². The fourth-order valence-corrected chi connectivity index (χ4v) is 3.27. The van der Waals surface area contributed by atoms with Gasteiger partial charge in [0.05, 0.1) is 18.1 Å². The minimum Gasteiger partial charge on any atom is -0.346 e. The van der Waals surface area contributed by atoms with E-state index in [1.807, 2.05) is 0 Å². The SMILES string of the molecule is O=S(=O)(Nc1ccc(C2OCCO2)cc1)c1ccc(Cl)cc1. The van der Waals surface area contributed by atoms with Gasteiger partial charge in [-0.05, 0) is 36.4 Å². The molecule has 1 N–H and O–H groups in total. The molecule has 2 aromatic carbocycles. The molecular formula is C15H14ClNO4S. The summed E-state index contributed by atoms with van der Waals surface area (Å²) in [5.74, 6) is 0. The lowest BCUT2D eigenvalue weighted by atomic mass is 10.2. The van der Waals surface area contributed by atoms with Crippen molar-refractivity contribution in [1.82, 2.24) is 0 Å². The van der Waals surface area contributed by atoms with Gasteiger partial charge in [-0.25, -0.2) is 8.42 Å².